The van der Waals surface area contributed by atoms with Gasteiger partial charge in [-0.2, -0.15) is 5.10 Å². The molecule has 3 heterocycles. The zero-order chi connectivity index (χ0) is 22.8. The number of esters is 1. The molecule has 0 spiro atoms. The molecule has 1 amide bonds. The summed E-state index contributed by atoms with van der Waals surface area (Å²) in [5.41, 5.74) is 3.72. The lowest BCUT2D eigenvalue weighted by atomic mass is 10.0. The van der Waals surface area contributed by atoms with Crippen LogP contribution in [0.3, 0.4) is 0 Å². The van der Waals surface area contributed by atoms with Crippen LogP contribution in [-0.4, -0.2) is 50.7 Å². The minimum atomic E-state index is -0.535. The van der Waals surface area contributed by atoms with Crippen molar-refractivity contribution >= 4 is 22.9 Å². The number of pyridine rings is 1. The van der Waals surface area contributed by atoms with E-state index in [1.807, 2.05) is 56.9 Å². The van der Waals surface area contributed by atoms with Crippen LogP contribution in [0.25, 0.3) is 22.3 Å². The van der Waals surface area contributed by atoms with Crippen molar-refractivity contribution < 1.29 is 14.3 Å². The van der Waals surface area contributed by atoms with E-state index in [-0.39, 0.29) is 24.6 Å². The lowest BCUT2D eigenvalue weighted by Crippen LogP contribution is -2.44. The number of carbonyl (C=O) groups is 2. The second kappa shape index (κ2) is 9.10. The zero-order valence-corrected chi connectivity index (χ0v) is 19.2. The normalized spacial score (nSPS) is 16.5. The number of amides is 1. The van der Waals surface area contributed by atoms with E-state index in [1.165, 1.54) is 0 Å². The maximum Gasteiger partial charge on any atom is 0.339 e. The van der Waals surface area contributed by atoms with E-state index < -0.39 is 5.97 Å². The molecule has 1 saturated heterocycles. The van der Waals surface area contributed by atoms with E-state index in [0.29, 0.717) is 22.3 Å². The quantitative estimate of drug-likeness (QED) is 0.551. The number of ether oxygens (including phenoxy) is 1. The number of rotatable bonds is 5. The Hall–Kier alpha value is -3.22. The molecule has 1 atom stereocenters. The fraction of sp³-hybridized carbons (Fsp3) is 0.440. The summed E-state index contributed by atoms with van der Waals surface area (Å²) in [7, 11) is 0. The van der Waals surface area contributed by atoms with Crippen LogP contribution < -0.4 is 0 Å². The molecule has 7 heteroatoms. The predicted molar refractivity (Wildman–Crippen MR) is 123 cm³/mol. The first-order valence-electron chi connectivity index (χ1n) is 11.3. The molecule has 1 aliphatic rings. The molecule has 0 saturated carbocycles. The Bertz CT molecular complexity index is 1130. The molecule has 168 valence electrons. The molecular formula is C25H30N4O3. The lowest BCUT2D eigenvalue weighted by molar-refractivity contribution is -0.137. The summed E-state index contributed by atoms with van der Waals surface area (Å²) in [4.78, 5) is 32.3. The number of carbonyl (C=O) groups excluding carboxylic acids is 2. The van der Waals surface area contributed by atoms with Gasteiger partial charge in [0.2, 0.25) is 0 Å². The molecule has 0 bridgehead atoms. The zero-order valence-electron chi connectivity index (χ0n) is 19.2. The third-order valence-corrected chi connectivity index (χ3v) is 6.07. The summed E-state index contributed by atoms with van der Waals surface area (Å²) >= 11 is 0. The Morgan fingerprint density at radius 1 is 1.19 bits per heavy atom. The minimum Gasteiger partial charge on any atom is -0.452 e. The molecule has 1 unspecified atom stereocenters. The van der Waals surface area contributed by atoms with Gasteiger partial charge in [-0.1, -0.05) is 29.8 Å². The fourth-order valence-corrected chi connectivity index (χ4v) is 4.19. The van der Waals surface area contributed by atoms with E-state index in [4.69, 9.17) is 9.72 Å². The molecule has 1 aliphatic heterocycles. The number of aryl methyl sites for hydroxylation is 1. The molecule has 0 N–H and O–H groups in total. The first-order valence-corrected chi connectivity index (χ1v) is 11.3. The Kier molecular flexibility index (Phi) is 6.26. The average Bonchev–Trinajstić information content (AvgIpc) is 3.22. The smallest absolute Gasteiger partial charge is 0.339 e. The van der Waals surface area contributed by atoms with Crippen molar-refractivity contribution in [2.75, 3.05) is 13.2 Å². The van der Waals surface area contributed by atoms with Crippen LogP contribution in [0.4, 0.5) is 0 Å². The topological polar surface area (TPSA) is 77.3 Å². The number of nitrogens with zero attached hydrogens (tertiary/aromatic N) is 4. The highest BCUT2D eigenvalue weighted by molar-refractivity contribution is 6.04. The number of hydrogen-bond acceptors (Lipinski definition) is 5. The summed E-state index contributed by atoms with van der Waals surface area (Å²) in [6.07, 6.45) is 4.75. The first-order chi connectivity index (χ1) is 15.3. The SMILES string of the molecule is Cc1ccc(-c2cc(C(=O)OCC(=O)N3CCCCC3C)c3cnn(C(C)C)c3n2)cc1. The van der Waals surface area contributed by atoms with Crippen LogP contribution in [-0.2, 0) is 9.53 Å². The molecule has 1 fully saturated rings. The van der Waals surface area contributed by atoms with Gasteiger partial charge in [0.05, 0.1) is 22.8 Å². The number of fused-ring (bicyclic) bond motifs is 1. The summed E-state index contributed by atoms with van der Waals surface area (Å²) in [6, 6.07) is 9.98. The van der Waals surface area contributed by atoms with Crippen molar-refractivity contribution in [3.05, 3.63) is 47.7 Å². The van der Waals surface area contributed by atoms with Gasteiger partial charge in [0.15, 0.2) is 12.3 Å². The van der Waals surface area contributed by atoms with Gasteiger partial charge in [0.25, 0.3) is 5.91 Å². The number of aromatic nitrogens is 3. The van der Waals surface area contributed by atoms with Crippen LogP contribution in [0, 0.1) is 6.92 Å². The summed E-state index contributed by atoms with van der Waals surface area (Å²) in [5, 5.41) is 5.06. The van der Waals surface area contributed by atoms with Gasteiger partial charge in [-0.05, 0) is 53.0 Å². The molecule has 32 heavy (non-hydrogen) atoms. The van der Waals surface area contributed by atoms with Crippen molar-refractivity contribution in [2.45, 2.75) is 59.0 Å². The van der Waals surface area contributed by atoms with Crippen LogP contribution >= 0.6 is 0 Å². The van der Waals surface area contributed by atoms with Crippen LogP contribution in [0.1, 0.15) is 62.0 Å². The Balaban J connectivity index is 1.65. The van der Waals surface area contributed by atoms with E-state index >= 15 is 0 Å². The van der Waals surface area contributed by atoms with E-state index in [0.717, 1.165) is 36.9 Å². The molecular weight excluding hydrogens is 404 g/mol. The van der Waals surface area contributed by atoms with Crippen molar-refractivity contribution in [1.29, 1.82) is 0 Å². The second-order valence-corrected chi connectivity index (χ2v) is 8.85. The lowest BCUT2D eigenvalue weighted by Gasteiger charge is -2.33. The van der Waals surface area contributed by atoms with Crippen LogP contribution in [0.5, 0.6) is 0 Å². The van der Waals surface area contributed by atoms with Gasteiger partial charge < -0.3 is 9.64 Å². The summed E-state index contributed by atoms with van der Waals surface area (Å²) in [5.74, 6) is -0.681. The summed E-state index contributed by atoms with van der Waals surface area (Å²) < 4.78 is 7.28. The molecule has 0 aliphatic carbocycles. The van der Waals surface area contributed by atoms with Crippen LogP contribution in [0.2, 0.25) is 0 Å². The molecule has 0 radical (unpaired) electrons. The van der Waals surface area contributed by atoms with E-state index in [1.54, 1.807) is 16.9 Å². The standard InChI is InChI=1S/C25H30N4O3/c1-16(2)29-24-21(14-26-29)20(13-22(27-24)19-10-8-17(3)9-11-19)25(31)32-15-23(30)28-12-6-5-7-18(28)4/h8-11,13-14,16,18H,5-7,12,15H2,1-4H3. The number of piperidine rings is 1. The van der Waals surface area contributed by atoms with Crippen molar-refractivity contribution in [2.24, 2.45) is 0 Å². The third kappa shape index (κ3) is 4.38. The monoisotopic (exact) mass is 434 g/mol. The number of benzene rings is 1. The highest BCUT2D eigenvalue weighted by atomic mass is 16.5. The maximum absolute atomic E-state index is 13.1. The molecule has 3 aromatic rings. The van der Waals surface area contributed by atoms with Gasteiger partial charge in [0, 0.05) is 24.2 Å². The largest absolute Gasteiger partial charge is 0.452 e. The van der Waals surface area contributed by atoms with Gasteiger partial charge >= 0.3 is 5.97 Å². The molecule has 2 aromatic heterocycles. The first kappa shape index (κ1) is 22.0. The van der Waals surface area contributed by atoms with E-state index in [2.05, 4.69) is 5.10 Å². The Morgan fingerprint density at radius 3 is 2.62 bits per heavy atom. The number of hydrogen-bond donors (Lipinski definition) is 0. The Morgan fingerprint density at radius 2 is 1.94 bits per heavy atom. The summed E-state index contributed by atoms with van der Waals surface area (Å²) in [6.45, 7) is 8.56. The number of likely N-dealkylation sites (tertiary alicyclic amines) is 1. The van der Waals surface area contributed by atoms with Gasteiger partial charge in [-0.25, -0.2) is 14.5 Å². The third-order valence-electron chi connectivity index (χ3n) is 6.07. The highest BCUT2D eigenvalue weighted by Crippen LogP contribution is 2.27. The average molecular weight is 435 g/mol. The van der Waals surface area contributed by atoms with E-state index in [9.17, 15) is 9.59 Å². The molecule has 1 aromatic carbocycles. The Labute approximate surface area is 188 Å². The van der Waals surface area contributed by atoms with Gasteiger partial charge in [-0.3, -0.25) is 4.79 Å². The van der Waals surface area contributed by atoms with Crippen molar-refractivity contribution in [3.63, 3.8) is 0 Å². The van der Waals surface area contributed by atoms with Gasteiger partial charge in [-0.15, -0.1) is 0 Å². The molecule has 4 rings (SSSR count). The fourth-order valence-electron chi connectivity index (χ4n) is 4.19. The second-order valence-electron chi connectivity index (χ2n) is 8.85. The minimum absolute atomic E-state index is 0.0827. The van der Waals surface area contributed by atoms with Crippen LogP contribution in [0.15, 0.2) is 36.5 Å². The molecule has 7 nitrogen and oxygen atoms in total. The predicted octanol–water partition coefficient (Wildman–Crippen LogP) is 4.55. The van der Waals surface area contributed by atoms with Crippen molar-refractivity contribution in [1.82, 2.24) is 19.7 Å². The van der Waals surface area contributed by atoms with Gasteiger partial charge in [0.1, 0.15) is 0 Å². The highest BCUT2D eigenvalue weighted by Gasteiger charge is 2.25. The van der Waals surface area contributed by atoms with Crippen molar-refractivity contribution in [3.8, 4) is 11.3 Å². The maximum atomic E-state index is 13.1.